The molecule has 0 spiro atoms. The first kappa shape index (κ1) is 14.7. The van der Waals surface area contributed by atoms with Crippen LogP contribution >= 0.6 is 0 Å². The van der Waals surface area contributed by atoms with Gasteiger partial charge >= 0.3 is 5.97 Å². The number of rotatable bonds is 3. The molecular formula is C13H10N2O5S. The lowest BCUT2D eigenvalue weighted by atomic mass is 10.1. The van der Waals surface area contributed by atoms with Crippen LogP contribution in [0.1, 0.15) is 16.8 Å². The molecule has 2 rings (SSSR count). The third kappa shape index (κ3) is 3.63. The summed E-state index contributed by atoms with van der Waals surface area (Å²) < 4.78 is 21.4. The lowest BCUT2D eigenvalue weighted by Crippen LogP contribution is -1.97. The number of benzene rings is 1. The van der Waals surface area contributed by atoms with Crippen LogP contribution in [0.2, 0.25) is 0 Å². The molecular weight excluding hydrogens is 296 g/mol. The summed E-state index contributed by atoms with van der Waals surface area (Å²) in [6.07, 6.45) is 4.75. The standard InChI is InChI=1S/C13H10N2O5S/c16-12-6-3-9(7-11(12)13(17)18)15-14-8-1-4-10(5-2-8)21(19)20/h1-4,6-7,16H,5H2,(H,17,18). The van der Waals surface area contributed by atoms with Crippen LogP contribution in [-0.4, -0.2) is 29.5 Å². The van der Waals surface area contributed by atoms with E-state index in [1.165, 1.54) is 30.4 Å². The SMILES string of the molecule is O=C(O)c1cc(N=NC2=CCC(=S(=O)=O)C=C2)ccc1O. The number of phenols is 1. The highest BCUT2D eigenvalue weighted by atomic mass is 32.2. The molecule has 1 aromatic rings. The van der Waals surface area contributed by atoms with Gasteiger partial charge < -0.3 is 10.2 Å². The first-order valence-corrected chi connectivity index (χ1v) is 6.86. The highest BCUT2D eigenvalue weighted by Crippen LogP contribution is 2.24. The molecule has 0 radical (unpaired) electrons. The Labute approximate surface area is 121 Å². The fourth-order valence-electron chi connectivity index (χ4n) is 1.59. The predicted molar refractivity (Wildman–Crippen MR) is 75.3 cm³/mol. The maximum Gasteiger partial charge on any atom is 0.339 e. The van der Waals surface area contributed by atoms with Gasteiger partial charge in [-0.25, -0.2) is 4.79 Å². The Morgan fingerprint density at radius 3 is 2.52 bits per heavy atom. The molecule has 1 aromatic carbocycles. The number of aromatic hydroxyl groups is 1. The molecule has 8 heteroatoms. The van der Waals surface area contributed by atoms with Crippen molar-refractivity contribution in [2.24, 2.45) is 10.2 Å². The fourth-order valence-corrected chi connectivity index (χ4v) is 1.99. The molecule has 0 bridgehead atoms. The van der Waals surface area contributed by atoms with Crippen molar-refractivity contribution < 1.29 is 23.4 Å². The highest BCUT2D eigenvalue weighted by molar-refractivity contribution is 7.73. The van der Waals surface area contributed by atoms with E-state index >= 15 is 0 Å². The van der Waals surface area contributed by atoms with E-state index in [-0.39, 0.29) is 28.3 Å². The van der Waals surface area contributed by atoms with Crippen LogP contribution in [0.3, 0.4) is 0 Å². The smallest absolute Gasteiger partial charge is 0.339 e. The van der Waals surface area contributed by atoms with E-state index in [1.54, 1.807) is 6.08 Å². The van der Waals surface area contributed by atoms with Gasteiger partial charge in [-0.3, -0.25) is 0 Å². The average molecular weight is 306 g/mol. The summed E-state index contributed by atoms with van der Waals surface area (Å²) in [4.78, 5) is 11.1. The molecule has 21 heavy (non-hydrogen) atoms. The van der Waals surface area contributed by atoms with Crippen molar-refractivity contribution in [2.75, 3.05) is 0 Å². The third-order valence-electron chi connectivity index (χ3n) is 2.66. The van der Waals surface area contributed by atoms with Crippen molar-refractivity contribution in [1.29, 1.82) is 0 Å². The molecule has 108 valence electrons. The second-order valence-electron chi connectivity index (χ2n) is 4.07. The quantitative estimate of drug-likeness (QED) is 0.655. The van der Waals surface area contributed by atoms with Gasteiger partial charge in [-0.1, -0.05) is 6.08 Å². The Kier molecular flexibility index (Phi) is 4.29. The van der Waals surface area contributed by atoms with Crippen molar-refractivity contribution >= 4 is 26.8 Å². The van der Waals surface area contributed by atoms with Crippen LogP contribution < -0.4 is 0 Å². The number of hydrogen-bond acceptors (Lipinski definition) is 6. The molecule has 0 aromatic heterocycles. The van der Waals surface area contributed by atoms with Crippen LogP contribution in [0.4, 0.5) is 5.69 Å². The van der Waals surface area contributed by atoms with Gasteiger partial charge in [0.15, 0.2) is 0 Å². The number of nitrogens with zero attached hydrogens (tertiary/aromatic N) is 2. The summed E-state index contributed by atoms with van der Waals surface area (Å²) in [6, 6.07) is 3.83. The lowest BCUT2D eigenvalue weighted by Gasteiger charge is -2.02. The summed E-state index contributed by atoms with van der Waals surface area (Å²) >= 11 is 0. The van der Waals surface area contributed by atoms with E-state index in [0.717, 1.165) is 0 Å². The number of allylic oxidation sites excluding steroid dienone is 3. The van der Waals surface area contributed by atoms with Crippen LogP contribution in [0.5, 0.6) is 5.75 Å². The van der Waals surface area contributed by atoms with Gasteiger partial charge in [0.25, 0.3) is 0 Å². The second kappa shape index (κ2) is 6.14. The van der Waals surface area contributed by atoms with Crippen LogP contribution in [0.15, 0.2) is 52.4 Å². The van der Waals surface area contributed by atoms with E-state index < -0.39 is 16.3 Å². The van der Waals surface area contributed by atoms with Crippen LogP contribution in [-0.2, 0) is 10.3 Å². The van der Waals surface area contributed by atoms with Gasteiger partial charge in [0.1, 0.15) is 11.3 Å². The number of azo groups is 1. The number of carboxylic acid groups (broad SMARTS) is 1. The van der Waals surface area contributed by atoms with E-state index in [4.69, 9.17) is 5.11 Å². The van der Waals surface area contributed by atoms with Gasteiger partial charge in [0, 0.05) is 6.42 Å². The maximum atomic E-state index is 10.9. The van der Waals surface area contributed by atoms with E-state index in [1.807, 2.05) is 0 Å². The van der Waals surface area contributed by atoms with Gasteiger partial charge in [-0.15, -0.1) is 0 Å². The van der Waals surface area contributed by atoms with E-state index in [9.17, 15) is 18.3 Å². The molecule has 0 atom stereocenters. The van der Waals surface area contributed by atoms with Gasteiger partial charge in [0.2, 0.25) is 10.3 Å². The lowest BCUT2D eigenvalue weighted by molar-refractivity contribution is 0.0693. The first-order valence-electron chi connectivity index (χ1n) is 5.79. The zero-order chi connectivity index (χ0) is 15.4. The van der Waals surface area contributed by atoms with E-state index in [0.29, 0.717) is 5.70 Å². The largest absolute Gasteiger partial charge is 0.507 e. The minimum absolute atomic E-state index is 0.233. The molecule has 7 nitrogen and oxygen atoms in total. The topological polar surface area (TPSA) is 116 Å². The minimum Gasteiger partial charge on any atom is -0.507 e. The zero-order valence-electron chi connectivity index (χ0n) is 10.6. The highest BCUT2D eigenvalue weighted by Gasteiger charge is 2.10. The van der Waals surface area contributed by atoms with Gasteiger partial charge in [0.05, 0.1) is 16.2 Å². The monoisotopic (exact) mass is 306 g/mol. The number of hydrogen-bond donors (Lipinski definition) is 2. The minimum atomic E-state index is -2.25. The Morgan fingerprint density at radius 2 is 1.95 bits per heavy atom. The third-order valence-corrected chi connectivity index (χ3v) is 3.39. The average Bonchev–Trinajstić information content (AvgIpc) is 2.46. The van der Waals surface area contributed by atoms with Gasteiger partial charge in [-0.05, 0) is 30.4 Å². The normalized spacial score (nSPS) is 14.3. The molecule has 2 N–H and O–H groups in total. The summed E-state index contributed by atoms with van der Waals surface area (Å²) in [5.74, 6) is -1.62. The summed E-state index contributed by atoms with van der Waals surface area (Å²) in [5, 5.41) is 26.0. The molecule has 0 aliphatic heterocycles. The van der Waals surface area contributed by atoms with E-state index in [2.05, 4.69) is 10.2 Å². The summed E-state index contributed by atoms with van der Waals surface area (Å²) in [5.41, 5.74) is 0.466. The van der Waals surface area contributed by atoms with Crippen molar-refractivity contribution in [1.82, 2.24) is 0 Å². The fraction of sp³-hybridized carbons (Fsp3) is 0.0769. The number of carbonyl (C=O) groups is 1. The molecule has 1 aliphatic rings. The molecule has 0 saturated carbocycles. The molecule has 0 heterocycles. The Balaban J connectivity index is 2.20. The van der Waals surface area contributed by atoms with Crippen LogP contribution in [0.25, 0.3) is 0 Å². The molecule has 0 unspecified atom stereocenters. The zero-order valence-corrected chi connectivity index (χ0v) is 11.4. The van der Waals surface area contributed by atoms with Crippen molar-refractivity contribution in [3.8, 4) is 5.75 Å². The Hall–Kier alpha value is -2.74. The van der Waals surface area contributed by atoms with Crippen molar-refractivity contribution in [3.05, 3.63) is 47.7 Å². The van der Waals surface area contributed by atoms with Crippen molar-refractivity contribution in [2.45, 2.75) is 6.42 Å². The molecule has 0 fully saturated rings. The summed E-state index contributed by atoms with van der Waals surface area (Å²) in [6.45, 7) is 0. The van der Waals surface area contributed by atoms with Crippen LogP contribution in [0, 0.1) is 0 Å². The summed E-state index contributed by atoms with van der Waals surface area (Å²) in [7, 11) is -2.25. The predicted octanol–water partition coefficient (Wildman–Crippen LogP) is 2.07. The molecule has 0 amide bonds. The maximum absolute atomic E-state index is 10.9. The number of carboxylic acids is 1. The second-order valence-corrected chi connectivity index (χ2v) is 5.07. The number of aromatic carboxylic acids is 1. The van der Waals surface area contributed by atoms with Gasteiger partial charge in [-0.2, -0.15) is 18.6 Å². The molecule has 1 aliphatic carbocycles. The Morgan fingerprint density at radius 1 is 1.19 bits per heavy atom. The Bertz CT molecular complexity index is 811. The molecule has 0 saturated heterocycles. The first-order chi connectivity index (χ1) is 9.97. The van der Waals surface area contributed by atoms with Crippen molar-refractivity contribution in [3.63, 3.8) is 0 Å².